The van der Waals surface area contributed by atoms with E-state index in [9.17, 15) is 9.18 Å². The summed E-state index contributed by atoms with van der Waals surface area (Å²) in [6.45, 7) is 4.00. The van der Waals surface area contributed by atoms with Crippen molar-refractivity contribution >= 4 is 6.29 Å². The molecule has 0 bridgehead atoms. The molecule has 0 aromatic heterocycles. The van der Waals surface area contributed by atoms with Crippen LogP contribution in [0.5, 0.6) is 5.75 Å². The van der Waals surface area contributed by atoms with Crippen molar-refractivity contribution in [3.05, 3.63) is 29.6 Å². The lowest BCUT2D eigenvalue weighted by Crippen LogP contribution is -1.81. The fraction of sp³-hybridized carbons (Fsp3) is 0.222. The third kappa shape index (κ3) is 2.70. The van der Waals surface area contributed by atoms with Gasteiger partial charge < -0.3 is 5.11 Å². The van der Waals surface area contributed by atoms with Gasteiger partial charge in [0.15, 0.2) is 6.29 Å². The molecule has 0 fully saturated rings. The van der Waals surface area contributed by atoms with Gasteiger partial charge in [0.25, 0.3) is 0 Å². The van der Waals surface area contributed by atoms with Gasteiger partial charge in [-0.3, -0.25) is 4.79 Å². The largest absolute Gasteiger partial charge is 0.507 e. The predicted octanol–water partition coefficient (Wildman–Crippen LogP) is 2.37. The molecule has 0 aliphatic carbocycles. The topological polar surface area (TPSA) is 37.3 Å². The normalized spacial score (nSPS) is 8.25. The zero-order valence-electron chi connectivity index (χ0n) is 7.04. The molecule has 0 atom stereocenters. The van der Waals surface area contributed by atoms with Gasteiger partial charge in [-0.2, -0.15) is 0 Å². The maximum absolute atomic E-state index is 12.2. The van der Waals surface area contributed by atoms with Gasteiger partial charge in [-0.1, -0.05) is 13.8 Å². The third-order valence-corrected chi connectivity index (χ3v) is 1.12. The Morgan fingerprint density at radius 1 is 1.42 bits per heavy atom. The van der Waals surface area contributed by atoms with E-state index in [1.807, 2.05) is 13.8 Å². The van der Waals surface area contributed by atoms with Crippen molar-refractivity contribution in [1.29, 1.82) is 0 Å². The number of halogens is 1. The number of aldehydes is 1. The number of aromatic hydroxyl groups is 1. The Hall–Kier alpha value is -1.38. The van der Waals surface area contributed by atoms with Gasteiger partial charge in [-0.05, 0) is 12.1 Å². The molecule has 1 aromatic rings. The maximum atomic E-state index is 12.2. The molecule has 0 heterocycles. The van der Waals surface area contributed by atoms with Gasteiger partial charge in [-0.15, -0.1) is 0 Å². The first-order valence-corrected chi connectivity index (χ1v) is 3.68. The number of carbonyl (C=O) groups is 1. The highest BCUT2D eigenvalue weighted by Gasteiger charge is 1.98. The van der Waals surface area contributed by atoms with Crippen molar-refractivity contribution in [3.8, 4) is 5.75 Å². The first-order chi connectivity index (χ1) is 5.74. The van der Waals surface area contributed by atoms with Gasteiger partial charge in [0, 0.05) is 6.07 Å². The average Bonchev–Trinajstić information content (AvgIpc) is 2.08. The van der Waals surface area contributed by atoms with Crippen LogP contribution in [0.2, 0.25) is 0 Å². The molecule has 66 valence electrons. The Morgan fingerprint density at radius 3 is 2.42 bits per heavy atom. The highest BCUT2D eigenvalue weighted by molar-refractivity contribution is 5.78. The Balaban J connectivity index is 0.000000561. The van der Waals surface area contributed by atoms with E-state index in [1.165, 1.54) is 6.07 Å². The molecule has 0 aliphatic rings. The van der Waals surface area contributed by atoms with Crippen LogP contribution in [0.3, 0.4) is 0 Å². The SMILES string of the molecule is CC.O=Cc1ccc(F)cc1O. The summed E-state index contributed by atoms with van der Waals surface area (Å²) in [6.07, 6.45) is 0.467. The molecule has 3 heteroatoms. The van der Waals surface area contributed by atoms with Crippen LogP contribution < -0.4 is 0 Å². The number of phenols is 1. The molecule has 0 radical (unpaired) electrons. The molecule has 0 aliphatic heterocycles. The summed E-state index contributed by atoms with van der Waals surface area (Å²) in [5.41, 5.74) is 0.0985. The van der Waals surface area contributed by atoms with E-state index in [4.69, 9.17) is 5.11 Å². The molecule has 1 rings (SSSR count). The molecular formula is C9H11FO2. The monoisotopic (exact) mass is 170 g/mol. The smallest absolute Gasteiger partial charge is 0.153 e. The summed E-state index contributed by atoms with van der Waals surface area (Å²) in [4.78, 5) is 10.1. The molecule has 0 unspecified atom stereocenters. The minimum absolute atomic E-state index is 0.0985. The highest BCUT2D eigenvalue weighted by atomic mass is 19.1. The van der Waals surface area contributed by atoms with Crippen molar-refractivity contribution in [2.75, 3.05) is 0 Å². The average molecular weight is 170 g/mol. The van der Waals surface area contributed by atoms with Crippen LogP contribution in [0.25, 0.3) is 0 Å². The Kier molecular flexibility index (Phi) is 4.69. The van der Waals surface area contributed by atoms with E-state index in [2.05, 4.69) is 0 Å². The Morgan fingerprint density at radius 2 is 2.00 bits per heavy atom. The molecule has 1 N–H and O–H groups in total. The van der Waals surface area contributed by atoms with E-state index < -0.39 is 5.82 Å². The quantitative estimate of drug-likeness (QED) is 0.657. The van der Waals surface area contributed by atoms with E-state index in [0.29, 0.717) is 6.29 Å². The van der Waals surface area contributed by atoms with Crippen LogP contribution in [0, 0.1) is 5.82 Å². The standard InChI is InChI=1S/C7H5FO2.C2H6/c8-6-2-1-5(4-9)7(10)3-6;1-2/h1-4,10H;1-2H3. The Labute approximate surface area is 70.7 Å². The van der Waals surface area contributed by atoms with E-state index in [1.54, 1.807) is 0 Å². The summed E-state index contributed by atoms with van der Waals surface area (Å²) in [5.74, 6) is -0.877. The zero-order valence-corrected chi connectivity index (χ0v) is 7.04. The second kappa shape index (κ2) is 5.29. The lowest BCUT2D eigenvalue weighted by Gasteiger charge is -1.93. The van der Waals surface area contributed by atoms with Crippen molar-refractivity contribution in [3.63, 3.8) is 0 Å². The summed E-state index contributed by atoms with van der Waals surface area (Å²) in [6, 6.07) is 3.23. The first-order valence-electron chi connectivity index (χ1n) is 3.68. The molecule has 0 amide bonds. The second-order valence-corrected chi connectivity index (χ2v) is 1.82. The number of phenolic OH excluding ortho intramolecular Hbond substituents is 1. The minimum atomic E-state index is -0.553. The van der Waals surface area contributed by atoms with Crippen LogP contribution in [0.1, 0.15) is 24.2 Å². The fourth-order valence-electron chi connectivity index (χ4n) is 0.616. The molecule has 0 saturated carbocycles. The van der Waals surface area contributed by atoms with Crippen molar-refractivity contribution in [1.82, 2.24) is 0 Å². The number of hydrogen-bond acceptors (Lipinski definition) is 2. The lowest BCUT2D eigenvalue weighted by atomic mass is 10.2. The molecule has 2 nitrogen and oxygen atoms in total. The molecule has 12 heavy (non-hydrogen) atoms. The van der Waals surface area contributed by atoms with Crippen LogP contribution >= 0.6 is 0 Å². The van der Waals surface area contributed by atoms with Crippen molar-refractivity contribution < 1.29 is 14.3 Å². The van der Waals surface area contributed by atoms with Crippen LogP contribution in [0.15, 0.2) is 18.2 Å². The van der Waals surface area contributed by atoms with Crippen LogP contribution in [-0.2, 0) is 0 Å². The summed E-state index contributed by atoms with van der Waals surface area (Å²) in [5, 5.41) is 8.82. The van der Waals surface area contributed by atoms with Gasteiger partial charge in [0.05, 0.1) is 5.56 Å². The number of rotatable bonds is 1. The van der Waals surface area contributed by atoms with Gasteiger partial charge >= 0.3 is 0 Å². The Bertz CT molecular complexity index is 259. The molecule has 1 aromatic carbocycles. The van der Waals surface area contributed by atoms with Crippen LogP contribution in [0.4, 0.5) is 4.39 Å². The van der Waals surface area contributed by atoms with E-state index in [-0.39, 0.29) is 11.3 Å². The van der Waals surface area contributed by atoms with Crippen LogP contribution in [-0.4, -0.2) is 11.4 Å². The van der Waals surface area contributed by atoms with Gasteiger partial charge in [0.2, 0.25) is 0 Å². The summed E-state index contributed by atoms with van der Waals surface area (Å²) < 4.78 is 12.2. The predicted molar refractivity (Wildman–Crippen MR) is 44.8 cm³/mol. The lowest BCUT2D eigenvalue weighted by molar-refractivity contribution is 0.112. The molecule has 0 spiro atoms. The number of hydrogen-bond donors (Lipinski definition) is 1. The molecular weight excluding hydrogens is 159 g/mol. The van der Waals surface area contributed by atoms with E-state index >= 15 is 0 Å². The first kappa shape index (κ1) is 10.6. The number of carbonyl (C=O) groups excluding carboxylic acids is 1. The molecule has 0 saturated heterocycles. The highest BCUT2D eigenvalue weighted by Crippen LogP contribution is 2.15. The fourth-order valence-corrected chi connectivity index (χ4v) is 0.616. The summed E-state index contributed by atoms with van der Waals surface area (Å²) in [7, 11) is 0. The van der Waals surface area contributed by atoms with Gasteiger partial charge in [0.1, 0.15) is 11.6 Å². The minimum Gasteiger partial charge on any atom is -0.507 e. The zero-order chi connectivity index (χ0) is 9.56. The van der Waals surface area contributed by atoms with Gasteiger partial charge in [-0.25, -0.2) is 4.39 Å². The maximum Gasteiger partial charge on any atom is 0.153 e. The third-order valence-electron chi connectivity index (χ3n) is 1.12. The van der Waals surface area contributed by atoms with E-state index in [0.717, 1.165) is 12.1 Å². The second-order valence-electron chi connectivity index (χ2n) is 1.82. The number of benzene rings is 1. The summed E-state index contributed by atoms with van der Waals surface area (Å²) >= 11 is 0. The van der Waals surface area contributed by atoms with Crippen molar-refractivity contribution in [2.45, 2.75) is 13.8 Å². The van der Waals surface area contributed by atoms with Crippen molar-refractivity contribution in [2.24, 2.45) is 0 Å².